The van der Waals surface area contributed by atoms with Crippen LogP contribution in [0.5, 0.6) is 0 Å². The molecule has 0 fully saturated rings. The Morgan fingerprint density at radius 2 is 1.67 bits per heavy atom. The van der Waals surface area contributed by atoms with Crippen molar-refractivity contribution in [1.29, 1.82) is 0 Å². The summed E-state index contributed by atoms with van der Waals surface area (Å²) in [5.41, 5.74) is 1.17. The van der Waals surface area contributed by atoms with Crippen LogP contribution in [0.3, 0.4) is 0 Å². The summed E-state index contributed by atoms with van der Waals surface area (Å²) in [6.07, 6.45) is 0. The number of halogens is 2. The van der Waals surface area contributed by atoms with Crippen LogP contribution in [0, 0.1) is 5.82 Å². The summed E-state index contributed by atoms with van der Waals surface area (Å²) in [4.78, 5) is 11.7. The smallest absolute Gasteiger partial charge is 0.338 e. The lowest BCUT2D eigenvalue weighted by molar-refractivity contribution is 0.0472. The number of hydrogen-bond donors (Lipinski definition) is 0. The number of benzene rings is 2. The zero-order chi connectivity index (χ0) is 13.0. The van der Waals surface area contributed by atoms with Gasteiger partial charge in [0.15, 0.2) is 0 Å². The van der Waals surface area contributed by atoms with E-state index in [0.717, 1.165) is 5.56 Å². The van der Waals surface area contributed by atoms with Crippen LogP contribution in [0.1, 0.15) is 15.9 Å². The minimum Gasteiger partial charge on any atom is -0.457 e. The van der Waals surface area contributed by atoms with Gasteiger partial charge in [-0.3, -0.25) is 0 Å². The molecule has 0 unspecified atom stereocenters. The number of hydrogen-bond acceptors (Lipinski definition) is 2. The summed E-state index contributed by atoms with van der Waals surface area (Å²) in [5.74, 6) is -0.751. The third kappa shape index (κ3) is 3.31. The summed E-state index contributed by atoms with van der Waals surface area (Å²) in [5, 5.41) is 0.560. The van der Waals surface area contributed by atoms with Crippen molar-refractivity contribution >= 4 is 17.6 Å². The Labute approximate surface area is 109 Å². The molecule has 0 saturated heterocycles. The fraction of sp³-hybridized carbons (Fsp3) is 0.0714. The number of carbonyl (C=O) groups is 1. The molecule has 0 atom stereocenters. The maximum absolute atomic E-state index is 12.7. The molecule has 0 aliphatic carbocycles. The lowest BCUT2D eigenvalue weighted by atomic mass is 10.2. The van der Waals surface area contributed by atoms with Gasteiger partial charge in [0, 0.05) is 5.02 Å². The van der Waals surface area contributed by atoms with Crippen LogP contribution >= 0.6 is 11.6 Å². The first-order valence-electron chi connectivity index (χ1n) is 5.32. The minimum atomic E-state index is -0.434. The molecule has 2 aromatic rings. The Balaban J connectivity index is 1.96. The maximum Gasteiger partial charge on any atom is 0.338 e. The molecule has 18 heavy (non-hydrogen) atoms. The van der Waals surface area contributed by atoms with Crippen LogP contribution in [0.25, 0.3) is 0 Å². The topological polar surface area (TPSA) is 26.3 Å². The number of esters is 1. The standard InChI is InChI=1S/C14H10ClFO2/c15-12-5-3-11(4-6-12)14(17)18-9-10-1-7-13(16)8-2-10/h1-8H,9H2. The Hall–Kier alpha value is -1.87. The monoisotopic (exact) mass is 264 g/mol. The normalized spacial score (nSPS) is 10.1. The molecule has 0 spiro atoms. The largest absolute Gasteiger partial charge is 0.457 e. The molecule has 0 aromatic heterocycles. The number of carbonyl (C=O) groups excluding carboxylic acids is 1. The van der Waals surface area contributed by atoms with Crippen LogP contribution < -0.4 is 0 Å². The van der Waals surface area contributed by atoms with Crippen molar-refractivity contribution in [2.45, 2.75) is 6.61 Å². The second kappa shape index (κ2) is 5.65. The Bertz CT molecular complexity index is 535. The minimum absolute atomic E-state index is 0.113. The van der Waals surface area contributed by atoms with Crippen molar-refractivity contribution < 1.29 is 13.9 Å². The lowest BCUT2D eigenvalue weighted by Gasteiger charge is -2.05. The predicted molar refractivity (Wildman–Crippen MR) is 67.0 cm³/mol. The molecule has 92 valence electrons. The van der Waals surface area contributed by atoms with Crippen molar-refractivity contribution in [2.24, 2.45) is 0 Å². The maximum atomic E-state index is 12.7. The molecule has 0 heterocycles. The molecule has 0 aliphatic rings. The summed E-state index contributed by atoms with van der Waals surface area (Å²) in [7, 11) is 0. The first-order valence-corrected chi connectivity index (χ1v) is 5.70. The van der Waals surface area contributed by atoms with Gasteiger partial charge in [0.25, 0.3) is 0 Å². The van der Waals surface area contributed by atoms with E-state index in [2.05, 4.69) is 0 Å². The third-order valence-corrected chi connectivity index (χ3v) is 2.62. The fourth-order valence-corrected chi connectivity index (χ4v) is 1.52. The van der Waals surface area contributed by atoms with E-state index in [0.29, 0.717) is 10.6 Å². The molecule has 0 N–H and O–H groups in total. The van der Waals surface area contributed by atoms with Crippen molar-refractivity contribution in [2.75, 3.05) is 0 Å². The molecule has 0 aliphatic heterocycles. The van der Waals surface area contributed by atoms with E-state index in [1.54, 1.807) is 36.4 Å². The van der Waals surface area contributed by atoms with E-state index < -0.39 is 5.97 Å². The molecule has 4 heteroatoms. The van der Waals surface area contributed by atoms with Gasteiger partial charge in [0.2, 0.25) is 0 Å². The second-order valence-corrected chi connectivity index (χ2v) is 4.15. The van der Waals surface area contributed by atoms with Gasteiger partial charge < -0.3 is 4.74 Å². The van der Waals surface area contributed by atoms with Crippen LogP contribution in [-0.4, -0.2) is 5.97 Å². The molecule has 0 bridgehead atoms. The fourth-order valence-electron chi connectivity index (χ4n) is 1.40. The number of ether oxygens (including phenoxy) is 1. The Morgan fingerprint density at radius 3 is 2.28 bits per heavy atom. The van der Waals surface area contributed by atoms with Gasteiger partial charge in [0.05, 0.1) is 5.56 Å². The van der Waals surface area contributed by atoms with Gasteiger partial charge in [-0.2, -0.15) is 0 Å². The predicted octanol–water partition coefficient (Wildman–Crippen LogP) is 3.84. The van der Waals surface area contributed by atoms with Crippen LogP contribution in [-0.2, 0) is 11.3 Å². The number of rotatable bonds is 3. The molecule has 2 nitrogen and oxygen atoms in total. The van der Waals surface area contributed by atoms with Crippen LogP contribution in [0.4, 0.5) is 4.39 Å². The van der Waals surface area contributed by atoms with Gasteiger partial charge in [0.1, 0.15) is 12.4 Å². The Morgan fingerprint density at radius 1 is 1.06 bits per heavy atom. The SMILES string of the molecule is O=C(OCc1ccc(F)cc1)c1ccc(Cl)cc1. The zero-order valence-electron chi connectivity index (χ0n) is 9.40. The van der Waals surface area contributed by atoms with Gasteiger partial charge in [-0.05, 0) is 42.0 Å². The van der Waals surface area contributed by atoms with E-state index >= 15 is 0 Å². The quantitative estimate of drug-likeness (QED) is 0.788. The van der Waals surface area contributed by atoms with E-state index in [4.69, 9.17) is 16.3 Å². The van der Waals surface area contributed by atoms with Crippen molar-refractivity contribution in [3.8, 4) is 0 Å². The molecule has 0 saturated carbocycles. The molecular formula is C14H10ClFO2. The van der Waals surface area contributed by atoms with Gasteiger partial charge >= 0.3 is 5.97 Å². The Kier molecular flexibility index (Phi) is 3.95. The third-order valence-electron chi connectivity index (χ3n) is 2.36. The highest BCUT2D eigenvalue weighted by Crippen LogP contribution is 2.11. The second-order valence-electron chi connectivity index (χ2n) is 3.71. The van der Waals surface area contributed by atoms with Gasteiger partial charge in [-0.25, -0.2) is 9.18 Å². The molecule has 0 radical (unpaired) electrons. The highest BCUT2D eigenvalue weighted by Gasteiger charge is 2.06. The van der Waals surface area contributed by atoms with E-state index in [-0.39, 0.29) is 12.4 Å². The van der Waals surface area contributed by atoms with Crippen molar-refractivity contribution in [3.63, 3.8) is 0 Å². The van der Waals surface area contributed by atoms with E-state index in [1.165, 1.54) is 12.1 Å². The van der Waals surface area contributed by atoms with Crippen molar-refractivity contribution in [3.05, 3.63) is 70.5 Å². The molecule has 2 rings (SSSR count). The molecule has 0 amide bonds. The van der Waals surface area contributed by atoms with Crippen LogP contribution in [0.15, 0.2) is 48.5 Å². The molecule has 2 aromatic carbocycles. The van der Waals surface area contributed by atoms with Crippen molar-refractivity contribution in [1.82, 2.24) is 0 Å². The summed E-state index contributed by atoms with van der Waals surface area (Å²) in [6, 6.07) is 12.2. The van der Waals surface area contributed by atoms with E-state index in [9.17, 15) is 9.18 Å². The van der Waals surface area contributed by atoms with Gasteiger partial charge in [-0.15, -0.1) is 0 Å². The zero-order valence-corrected chi connectivity index (χ0v) is 10.2. The molecular weight excluding hydrogens is 255 g/mol. The van der Waals surface area contributed by atoms with Gasteiger partial charge in [-0.1, -0.05) is 23.7 Å². The van der Waals surface area contributed by atoms with Crippen LogP contribution in [0.2, 0.25) is 5.02 Å². The highest BCUT2D eigenvalue weighted by atomic mass is 35.5. The van der Waals surface area contributed by atoms with E-state index in [1.807, 2.05) is 0 Å². The summed E-state index contributed by atoms with van der Waals surface area (Å²) in [6.45, 7) is 0.113. The highest BCUT2D eigenvalue weighted by molar-refractivity contribution is 6.30. The first-order chi connectivity index (χ1) is 8.65. The average Bonchev–Trinajstić information content (AvgIpc) is 2.38. The average molecular weight is 265 g/mol. The summed E-state index contributed by atoms with van der Waals surface area (Å²) < 4.78 is 17.8. The lowest BCUT2D eigenvalue weighted by Crippen LogP contribution is -2.04. The first kappa shape index (κ1) is 12.6. The summed E-state index contributed by atoms with van der Waals surface area (Å²) >= 11 is 5.72.